The van der Waals surface area contributed by atoms with E-state index in [1.807, 2.05) is 37.5 Å². The number of aromatic nitrogens is 2. The summed E-state index contributed by atoms with van der Waals surface area (Å²) in [5.74, 6) is 0. The average molecular weight is 463 g/mol. The van der Waals surface area contributed by atoms with E-state index in [-0.39, 0.29) is 12.1 Å². The van der Waals surface area contributed by atoms with Gasteiger partial charge < -0.3 is 10.2 Å². The van der Waals surface area contributed by atoms with Crippen molar-refractivity contribution in [2.24, 2.45) is 7.05 Å². The number of nitrogens with one attached hydrogen (secondary N) is 1. The summed E-state index contributed by atoms with van der Waals surface area (Å²) in [6.07, 6.45) is -0.214. The number of anilines is 1. The molecule has 4 rings (SSSR count). The monoisotopic (exact) mass is 462 g/mol. The second kappa shape index (κ2) is 8.86. The van der Waals surface area contributed by atoms with Gasteiger partial charge in [-0.05, 0) is 60.4 Å². The third-order valence-electron chi connectivity index (χ3n) is 5.54. The van der Waals surface area contributed by atoms with Crippen molar-refractivity contribution >= 4 is 23.3 Å². The molecule has 2 amide bonds. The first-order valence-corrected chi connectivity index (χ1v) is 10.6. The minimum absolute atomic E-state index is 0.201. The van der Waals surface area contributed by atoms with Crippen LogP contribution in [0, 0.1) is 0 Å². The number of amides is 2. The predicted octanol–water partition coefficient (Wildman–Crippen LogP) is 6.05. The number of benzene rings is 2. The molecule has 1 N–H and O–H groups in total. The van der Waals surface area contributed by atoms with E-state index < -0.39 is 11.7 Å². The normalized spacial score (nSPS) is 16.4. The van der Waals surface area contributed by atoms with Gasteiger partial charge in [-0.15, -0.1) is 0 Å². The van der Waals surface area contributed by atoms with Gasteiger partial charge in [0.15, 0.2) is 0 Å². The maximum Gasteiger partial charge on any atom is 0.416 e. The van der Waals surface area contributed by atoms with Gasteiger partial charge in [0.2, 0.25) is 0 Å². The molecule has 1 unspecified atom stereocenters. The summed E-state index contributed by atoms with van der Waals surface area (Å²) in [6, 6.07) is 11.5. The molecule has 1 aliphatic rings. The van der Waals surface area contributed by atoms with Crippen LogP contribution in [0.25, 0.3) is 0 Å². The van der Waals surface area contributed by atoms with Gasteiger partial charge in [-0.3, -0.25) is 4.68 Å². The lowest BCUT2D eigenvalue weighted by molar-refractivity contribution is -0.137. The van der Waals surface area contributed by atoms with Gasteiger partial charge in [0.1, 0.15) is 0 Å². The van der Waals surface area contributed by atoms with Crippen molar-refractivity contribution in [1.82, 2.24) is 14.7 Å². The number of halogens is 4. The Balaban J connectivity index is 1.51. The van der Waals surface area contributed by atoms with Gasteiger partial charge in [-0.25, -0.2) is 4.79 Å². The zero-order valence-electron chi connectivity index (χ0n) is 17.4. The summed E-state index contributed by atoms with van der Waals surface area (Å²) in [5, 5.41) is 8.01. The molecule has 9 heteroatoms. The molecule has 2 aromatic carbocycles. The maximum atomic E-state index is 12.9. The van der Waals surface area contributed by atoms with Crippen LogP contribution in [0.1, 0.15) is 41.3 Å². The van der Waals surface area contributed by atoms with Crippen LogP contribution in [0.5, 0.6) is 0 Å². The van der Waals surface area contributed by atoms with Crippen molar-refractivity contribution in [2.75, 3.05) is 11.9 Å². The van der Waals surface area contributed by atoms with Crippen molar-refractivity contribution in [3.8, 4) is 0 Å². The lowest BCUT2D eigenvalue weighted by atomic mass is 10.0. The second-order valence-corrected chi connectivity index (χ2v) is 8.31. The van der Waals surface area contributed by atoms with E-state index in [0.717, 1.165) is 41.8 Å². The summed E-state index contributed by atoms with van der Waals surface area (Å²) in [6.45, 7) is 0.550. The number of carbonyl (C=O) groups is 1. The van der Waals surface area contributed by atoms with Crippen LogP contribution >= 0.6 is 11.6 Å². The third-order valence-corrected chi connectivity index (χ3v) is 5.79. The quantitative estimate of drug-likeness (QED) is 0.513. The maximum absolute atomic E-state index is 12.9. The Hall–Kier alpha value is -3.00. The molecule has 168 valence electrons. The number of hydrogen-bond acceptors (Lipinski definition) is 2. The van der Waals surface area contributed by atoms with E-state index in [4.69, 9.17) is 11.6 Å². The van der Waals surface area contributed by atoms with E-state index in [1.54, 1.807) is 9.58 Å². The van der Waals surface area contributed by atoms with Crippen molar-refractivity contribution in [2.45, 2.75) is 31.5 Å². The molecule has 0 aliphatic carbocycles. The number of alkyl halides is 3. The number of rotatable bonds is 4. The lowest BCUT2D eigenvalue weighted by Gasteiger charge is -2.25. The molecule has 1 saturated heterocycles. The fraction of sp³-hybridized carbons (Fsp3) is 0.304. The molecule has 1 aliphatic heterocycles. The van der Waals surface area contributed by atoms with Gasteiger partial charge in [0.25, 0.3) is 0 Å². The Labute approximate surface area is 188 Å². The highest BCUT2D eigenvalue weighted by Crippen LogP contribution is 2.35. The minimum atomic E-state index is -4.41. The molecule has 0 bridgehead atoms. The Morgan fingerprint density at radius 3 is 2.50 bits per heavy atom. The molecular formula is C23H22ClF3N4O. The van der Waals surface area contributed by atoms with Crippen LogP contribution in [0.4, 0.5) is 23.7 Å². The smallest absolute Gasteiger partial charge is 0.316 e. The molecule has 1 fully saturated rings. The second-order valence-electron chi connectivity index (χ2n) is 7.87. The van der Waals surface area contributed by atoms with E-state index in [0.29, 0.717) is 23.7 Å². The van der Waals surface area contributed by atoms with E-state index in [2.05, 4.69) is 10.4 Å². The molecule has 0 saturated carbocycles. The highest BCUT2D eigenvalue weighted by Gasteiger charge is 2.34. The summed E-state index contributed by atoms with van der Waals surface area (Å²) < 4.78 is 40.1. The fourth-order valence-electron chi connectivity index (χ4n) is 4.03. The summed E-state index contributed by atoms with van der Waals surface area (Å²) in [4.78, 5) is 14.6. The third kappa shape index (κ3) is 4.91. The van der Waals surface area contributed by atoms with Crippen molar-refractivity contribution in [1.29, 1.82) is 0 Å². The van der Waals surface area contributed by atoms with Crippen LogP contribution in [-0.2, 0) is 19.6 Å². The van der Waals surface area contributed by atoms with Crippen molar-refractivity contribution in [3.05, 3.63) is 82.1 Å². The molecule has 2 heterocycles. The molecule has 1 aromatic heterocycles. The van der Waals surface area contributed by atoms with Crippen molar-refractivity contribution in [3.63, 3.8) is 0 Å². The Morgan fingerprint density at radius 2 is 1.84 bits per heavy atom. The number of nitrogens with zero attached hydrogens (tertiary/aromatic N) is 3. The molecule has 5 nitrogen and oxygen atoms in total. The van der Waals surface area contributed by atoms with Gasteiger partial charge in [0.05, 0.1) is 17.3 Å². The summed E-state index contributed by atoms with van der Waals surface area (Å²) in [5.41, 5.74) is 2.50. The Morgan fingerprint density at radius 1 is 1.16 bits per heavy atom. The topological polar surface area (TPSA) is 50.2 Å². The first-order valence-electron chi connectivity index (χ1n) is 10.2. The van der Waals surface area contributed by atoms with E-state index in [1.165, 1.54) is 12.1 Å². The van der Waals surface area contributed by atoms with Gasteiger partial charge in [-0.1, -0.05) is 23.7 Å². The molecule has 0 spiro atoms. The Kier molecular flexibility index (Phi) is 6.15. The number of aryl methyl sites for hydroxylation is 1. The summed E-state index contributed by atoms with van der Waals surface area (Å²) in [7, 11) is 1.84. The largest absolute Gasteiger partial charge is 0.416 e. The Bertz CT molecular complexity index is 1090. The standard InChI is InChI=1S/C23H22ClF3N4O/c1-30-14-16(13-15-4-8-18(24)9-5-15)21(29-30)20-3-2-12-31(20)22(32)28-19-10-6-17(7-11-19)23(25,26)27/h4-11,14,20H,2-3,12-13H2,1H3,(H,28,32). The molecule has 0 radical (unpaired) electrons. The van der Waals surface area contributed by atoms with Crippen LogP contribution < -0.4 is 5.32 Å². The number of hydrogen-bond donors (Lipinski definition) is 1. The first-order chi connectivity index (χ1) is 15.2. The minimum Gasteiger partial charge on any atom is -0.316 e. The van der Waals surface area contributed by atoms with Crippen LogP contribution in [0.3, 0.4) is 0 Å². The zero-order chi connectivity index (χ0) is 22.9. The van der Waals surface area contributed by atoms with Crippen LogP contribution in [-0.4, -0.2) is 27.3 Å². The SMILES string of the molecule is Cn1cc(Cc2ccc(Cl)cc2)c(C2CCCN2C(=O)Nc2ccc(C(F)(F)F)cc2)n1. The van der Waals surface area contributed by atoms with Crippen LogP contribution in [0.2, 0.25) is 5.02 Å². The fourth-order valence-corrected chi connectivity index (χ4v) is 4.15. The lowest BCUT2D eigenvalue weighted by Crippen LogP contribution is -2.35. The molecule has 3 aromatic rings. The van der Waals surface area contributed by atoms with E-state index in [9.17, 15) is 18.0 Å². The molecular weight excluding hydrogens is 441 g/mol. The highest BCUT2D eigenvalue weighted by molar-refractivity contribution is 6.30. The average Bonchev–Trinajstić information content (AvgIpc) is 3.36. The predicted molar refractivity (Wildman–Crippen MR) is 117 cm³/mol. The number of urea groups is 1. The molecule has 32 heavy (non-hydrogen) atoms. The first kappa shape index (κ1) is 22.2. The van der Waals surface area contributed by atoms with Gasteiger partial charge in [0, 0.05) is 36.9 Å². The number of likely N-dealkylation sites (tertiary alicyclic amines) is 1. The zero-order valence-corrected chi connectivity index (χ0v) is 18.1. The summed E-state index contributed by atoms with van der Waals surface area (Å²) >= 11 is 5.98. The highest BCUT2D eigenvalue weighted by atomic mass is 35.5. The number of carbonyl (C=O) groups excluding carboxylic acids is 1. The van der Waals surface area contributed by atoms with Crippen LogP contribution in [0.15, 0.2) is 54.7 Å². The van der Waals surface area contributed by atoms with Crippen molar-refractivity contribution < 1.29 is 18.0 Å². The molecule has 1 atom stereocenters. The van der Waals surface area contributed by atoms with Gasteiger partial charge >= 0.3 is 12.2 Å². The van der Waals surface area contributed by atoms with E-state index >= 15 is 0 Å². The van der Waals surface area contributed by atoms with Gasteiger partial charge in [-0.2, -0.15) is 18.3 Å².